The van der Waals surface area contributed by atoms with Crippen molar-refractivity contribution in [2.45, 2.75) is 44.6 Å². The van der Waals surface area contributed by atoms with E-state index in [0.717, 1.165) is 25.7 Å². The van der Waals surface area contributed by atoms with Gasteiger partial charge < -0.3 is 20.3 Å². The first kappa shape index (κ1) is 17.5. The molecule has 7 nitrogen and oxygen atoms in total. The molecule has 1 atom stereocenters. The summed E-state index contributed by atoms with van der Waals surface area (Å²) in [5.41, 5.74) is 0. The van der Waals surface area contributed by atoms with E-state index in [1.807, 2.05) is 0 Å². The van der Waals surface area contributed by atoms with Gasteiger partial charge in [0.05, 0.1) is 13.0 Å². The van der Waals surface area contributed by atoms with E-state index < -0.39 is 0 Å². The fraction of sp³-hybridized carbons (Fsp3) is 0.611. The van der Waals surface area contributed by atoms with Gasteiger partial charge in [-0.1, -0.05) is 12.8 Å². The van der Waals surface area contributed by atoms with Crippen molar-refractivity contribution >= 4 is 17.8 Å². The van der Waals surface area contributed by atoms with E-state index >= 15 is 0 Å². The summed E-state index contributed by atoms with van der Waals surface area (Å²) in [6, 6.07) is 3.67. The molecular formula is C18H26N4O3. The number of hydrogen-bond donors (Lipinski definition) is 2. The van der Waals surface area contributed by atoms with E-state index in [1.54, 1.807) is 30.3 Å². The van der Waals surface area contributed by atoms with Gasteiger partial charge in [-0.05, 0) is 31.7 Å². The summed E-state index contributed by atoms with van der Waals surface area (Å²) in [6.07, 6.45) is 7.70. The number of methoxy groups -OCH3 is 1. The Bertz CT molecular complexity index is 616. The minimum atomic E-state index is -0.212. The van der Waals surface area contributed by atoms with Crippen molar-refractivity contribution in [3.05, 3.63) is 18.3 Å². The van der Waals surface area contributed by atoms with Crippen molar-refractivity contribution < 1.29 is 14.3 Å². The maximum absolute atomic E-state index is 12.5. The lowest BCUT2D eigenvalue weighted by atomic mass is 9.97. The molecular weight excluding hydrogens is 320 g/mol. The smallest absolute Gasteiger partial charge is 0.317 e. The third-order valence-corrected chi connectivity index (χ3v) is 4.98. The number of carbonyl (C=O) groups is 2. The lowest BCUT2D eigenvalue weighted by Crippen LogP contribution is -2.49. The lowest BCUT2D eigenvalue weighted by Gasteiger charge is -2.32. The molecule has 25 heavy (non-hydrogen) atoms. The van der Waals surface area contributed by atoms with Gasteiger partial charge in [-0.3, -0.25) is 4.79 Å². The van der Waals surface area contributed by atoms with Crippen molar-refractivity contribution in [3.8, 4) is 5.75 Å². The molecule has 7 heteroatoms. The molecule has 2 aliphatic rings. The predicted octanol–water partition coefficient (Wildman–Crippen LogP) is 2.39. The van der Waals surface area contributed by atoms with Crippen LogP contribution in [0.2, 0.25) is 0 Å². The highest BCUT2D eigenvalue weighted by atomic mass is 16.5. The summed E-state index contributed by atoms with van der Waals surface area (Å²) in [6.45, 7) is 1.16. The Kier molecular flexibility index (Phi) is 5.73. The topological polar surface area (TPSA) is 83.6 Å². The Morgan fingerprint density at radius 3 is 2.80 bits per heavy atom. The number of carbonyl (C=O) groups excluding carboxylic acids is 2. The zero-order valence-corrected chi connectivity index (χ0v) is 14.7. The minimum absolute atomic E-state index is 0.0381. The van der Waals surface area contributed by atoms with Crippen LogP contribution in [0.25, 0.3) is 0 Å². The molecule has 2 fully saturated rings. The Hall–Kier alpha value is -2.31. The van der Waals surface area contributed by atoms with E-state index in [0.29, 0.717) is 30.7 Å². The average Bonchev–Trinajstić information content (AvgIpc) is 3.15. The largest absolute Gasteiger partial charge is 0.497 e. The maximum atomic E-state index is 12.5. The summed E-state index contributed by atoms with van der Waals surface area (Å²) < 4.78 is 5.14. The zero-order valence-electron chi connectivity index (χ0n) is 14.7. The van der Waals surface area contributed by atoms with Crippen LogP contribution in [0.15, 0.2) is 18.3 Å². The number of amides is 3. The van der Waals surface area contributed by atoms with Crippen molar-refractivity contribution in [1.29, 1.82) is 0 Å². The third kappa shape index (κ3) is 4.61. The number of anilines is 1. The van der Waals surface area contributed by atoms with Crippen LogP contribution in [0.5, 0.6) is 5.75 Å². The van der Waals surface area contributed by atoms with Crippen LogP contribution in [0.3, 0.4) is 0 Å². The molecule has 1 aromatic rings. The highest BCUT2D eigenvalue weighted by Crippen LogP contribution is 2.21. The molecule has 1 saturated heterocycles. The Labute approximate surface area is 148 Å². The van der Waals surface area contributed by atoms with E-state index in [9.17, 15) is 9.59 Å². The van der Waals surface area contributed by atoms with Crippen molar-refractivity contribution in [2.24, 2.45) is 5.92 Å². The monoisotopic (exact) mass is 346 g/mol. The molecule has 3 rings (SSSR count). The van der Waals surface area contributed by atoms with Gasteiger partial charge >= 0.3 is 6.03 Å². The van der Waals surface area contributed by atoms with E-state index in [1.165, 1.54) is 12.8 Å². The van der Waals surface area contributed by atoms with Gasteiger partial charge in [0.1, 0.15) is 11.6 Å². The maximum Gasteiger partial charge on any atom is 0.317 e. The van der Waals surface area contributed by atoms with Crippen LogP contribution in [-0.4, -0.2) is 48.1 Å². The quantitative estimate of drug-likeness (QED) is 0.877. The number of hydrogen-bond acceptors (Lipinski definition) is 4. The number of nitrogens with one attached hydrogen (secondary N) is 2. The summed E-state index contributed by atoms with van der Waals surface area (Å²) in [5, 5.41) is 5.93. The molecule has 3 amide bonds. The highest BCUT2D eigenvalue weighted by Gasteiger charge is 2.30. The minimum Gasteiger partial charge on any atom is -0.497 e. The average molecular weight is 346 g/mol. The number of aromatic nitrogens is 1. The van der Waals surface area contributed by atoms with Gasteiger partial charge in [-0.15, -0.1) is 0 Å². The number of ether oxygens (including phenoxy) is 1. The summed E-state index contributed by atoms with van der Waals surface area (Å²) in [7, 11) is 1.57. The molecule has 1 aliphatic carbocycles. The first-order chi connectivity index (χ1) is 12.2. The molecule has 0 radical (unpaired) electrons. The van der Waals surface area contributed by atoms with Gasteiger partial charge in [0.2, 0.25) is 5.91 Å². The summed E-state index contributed by atoms with van der Waals surface area (Å²) >= 11 is 0. The second-order valence-electron chi connectivity index (χ2n) is 6.79. The van der Waals surface area contributed by atoms with Crippen LogP contribution in [0.1, 0.15) is 38.5 Å². The number of piperidine rings is 1. The van der Waals surface area contributed by atoms with Crippen molar-refractivity contribution in [2.75, 3.05) is 25.5 Å². The molecule has 2 N–H and O–H groups in total. The fourth-order valence-corrected chi connectivity index (χ4v) is 3.55. The Morgan fingerprint density at radius 2 is 2.04 bits per heavy atom. The summed E-state index contributed by atoms with van der Waals surface area (Å²) in [5.74, 6) is 0.804. The zero-order chi connectivity index (χ0) is 17.6. The van der Waals surface area contributed by atoms with E-state index in [-0.39, 0.29) is 17.9 Å². The molecule has 1 unspecified atom stereocenters. The SMILES string of the molecule is COc1ccnc(NC(=O)C2CCCN(C(=O)NC3CCCC3)C2)c1. The second kappa shape index (κ2) is 8.18. The number of rotatable bonds is 4. The summed E-state index contributed by atoms with van der Waals surface area (Å²) in [4.78, 5) is 30.9. The van der Waals surface area contributed by atoms with Crippen LogP contribution in [0, 0.1) is 5.92 Å². The van der Waals surface area contributed by atoms with Gasteiger partial charge in [0, 0.05) is 31.4 Å². The lowest BCUT2D eigenvalue weighted by molar-refractivity contribution is -0.121. The third-order valence-electron chi connectivity index (χ3n) is 4.98. The highest BCUT2D eigenvalue weighted by molar-refractivity contribution is 5.92. The molecule has 0 spiro atoms. The van der Waals surface area contributed by atoms with Crippen molar-refractivity contribution in [3.63, 3.8) is 0 Å². The van der Waals surface area contributed by atoms with E-state index in [2.05, 4.69) is 15.6 Å². The van der Waals surface area contributed by atoms with Gasteiger partial charge in [-0.2, -0.15) is 0 Å². The molecule has 1 aromatic heterocycles. The van der Waals surface area contributed by atoms with Crippen LogP contribution in [0.4, 0.5) is 10.6 Å². The number of nitrogens with zero attached hydrogens (tertiary/aromatic N) is 2. The molecule has 0 bridgehead atoms. The molecule has 1 aliphatic heterocycles. The van der Waals surface area contributed by atoms with Crippen LogP contribution in [-0.2, 0) is 4.79 Å². The first-order valence-corrected chi connectivity index (χ1v) is 9.02. The van der Waals surface area contributed by atoms with Gasteiger partial charge in [-0.25, -0.2) is 9.78 Å². The van der Waals surface area contributed by atoms with Crippen molar-refractivity contribution in [1.82, 2.24) is 15.2 Å². The molecule has 2 heterocycles. The first-order valence-electron chi connectivity index (χ1n) is 9.02. The molecule has 1 saturated carbocycles. The predicted molar refractivity (Wildman–Crippen MR) is 94.5 cm³/mol. The fourth-order valence-electron chi connectivity index (χ4n) is 3.55. The Morgan fingerprint density at radius 1 is 1.24 bits per heavy atom. The van der Waals surface area contributed by atoms with Gasteiger partial charge in [0.25, 0.3) is 0 Å². The number of urea groups is 1. The standard InChI is InChI=1S/C18H26N4O3/c1-25-15-8-9-19-16(11-15)21-17(23)13-5-4-10-22(12-13)18(24)20-14-6-2-3-7-14/h8-9,11,13-14H,2-7,10,12H2,1H3,(H,20,24)(H,19,21,23). The van der Waals surface area contributed by atoms with Crippen LogP contribution < -0.4 is 15.4 Å². The number of likely N-dealkylation sites (tertiary alicyclic amines) is 1. The number of pyridine rings is 1. The normalized spacial score (nSPS) is 21.0. The molecule has 0 aromatic carbocycles. The second-order valence-corrected chi connectivity index (χ2v) is 6.79. The molecule has 136 valence electrons. The van der Waals surface area contributed by atoms with Gasteiger partial charge in [0.15, 0.2) is 0 Å². The Balaban J connectivity index is 1.54. The van der Waals surface area contributed by atoms with E-state index in [4.69, 9.17) is 4.74 Å². The van der Waals surface area contributed by atoms with Crippen LogP contribution >= 0.6 is 0 Å².